The lowest BCUT2D eigenvalue weighted by molar-refractivity contribution is -0.144. The predicted molar refractivity (Wildman–Crippen MR) is 67.2 cm³/mol. The van der Waals surface area contributed by atoms with E-state index in [9.17, 15) is 4.79 Å². The zero-order valence-electron chi connectivity index (χ0n) is 10.8. The summed E-state index contributed by atoms with van der Waals surface area (Å²) in [5.41, 5.74) is 0.720. The lowest BCUT2D eigenvalue weighted by atomic mass is 9.90. The molecule has 0 saturated heterocycles. The molecule has 0 N–H and O–H groups in total. The average Bonchev–Trinajstić information content (AvgIpc) is 2.83. The third-order valence-corrected chi connectivity index (χ3v) is 4.84. The van der Waals surface area contributed by atoms with E-state index in [2.05, 4.69) is 12.1 Å². The van der Waals surface area contributed by atoms with Crippen LogP contribution in [0.2, 0.25) is 0 Å². The number of hydrogen-bond donors (Lipinski definition) is 0. The first-order chi connectivity index (χ1) is 8.73. The van der Waals surface area contributed by atoms with Gasteiger partial charge in [-0.15, -0.1) is 0 Å². The number of carbonyl (C=O) groups excluding carboxylic acids is 1. The molecule has 0 radical (unpaired) electrons. The molecule has 0 spiro atoms. The molecule has 2 aliphatic rings. The van der Waals surface area contributed by atoms with Crippen LogP contribution >= 0.6 is 0 Å². The van der Waals surface area contributed by atoms with E-state index < -0.39 is 0 Å². The summed E-state index contributed by atoms with van der Waals surface area (Å²) >= 11 is 0. The Labute approximate surface area is 107 Å². The number of carbonyl (C=O) groups is 1. The van der Waals surface area contributed by atoms with Gasteiger partial charge in [0.1, 0.15) is 0 Å². The van der Waals surface area contributed by atoms with Crippen molar-refractivity contribution in [2.75, 3.05) is 14.2 Å². The average molecular weight is 246 g/mol. The van der Waals surface area contributed by atoms with Crippen LogP contribution in [-0.2, 0) is 19.7 Å². The molecule has 2 saturated carbocycles. The molecule has 3 atom stereocenters. The van der Waals surface area contributed by atoms with E-state index in [4.69, 9.17) is 9.47 Å². The summed E-state index contributed by atoms with van der Waals surface area (Å²) in [5, 5.41) is 0. The highest BCUT2D eigenvalue weighted by molar-refractivity contribution is 5.83. The van der Waals surface area contributed by atoms with Gasteiger partial charge in [0, 0.05) is 12.5 Å². The van der Waals surface area contributed by atoms with Crippen LogP contribution in [0.25, 0.3) is 0 Å². The second-order valence-corrected chi connectivity index (χ2v) is 5.24. The van der Waals surface area contributed by atoms with Gasteiger partial charge in [0.2, 0.25) is 0 Å². The van der Waals surface area contributed by atoms with E-state index in [0.717, 1.165) is 19.3 Å². The third-order valence-electron chi connectivity index (χ3n) is 4.84. The van der Waals surface area contributed by atoms with Gasteiger partial charge in [-0.1, -0.05) is 30.3 Å². The van der Waals surface area contributed by atoms with Gasteiger partial charge in [0.15, 0.2) is 0 Å². The Kier molecular flexibility index (Phi) is 2.49. The molecule has 2 aliphatic carbocycles. The summed E-state index contributed by atoms with van der Waals surface area (Å²) < 4.78 is 10.7. The van der Waals surface area contributed by atoms with Gasteiger partial charge in [0.05, 0.1) is 18.6 Å². The number of benzene rings is 1. The van der Waals surface area contributed by atoms with Crippen molar-refractivity contribution in [1.82, 2.24) is 0 Å². The maximum atomic E-state index is 12.0. The highest BCUT2D eigenvalue weighted by Gasteiger charge is 2.83. The van der Waals surface area contributed by atoms with Crippen LogP contribution in [0, 0.1) is 5.92 Å². The SMILES string of the molecule is COC(=O)C1[C@@]2(c3ccccc3)CCC[C@@]12OC. The minimum atomic E-state index is -0.332. The highest BCUT2D eigenvalue weighted by atomic mass is 16.5. The molecule has 0 heterocycles. The maximum Gasteiger partial charge on any atom is 0.312 e. The second-order valence-electron chi connectivity index (χ2n) is 5.24. The predicted octanol–water partition coefficient (Wildman–Crippen LogP) is 2.30. The smallest absolute Gasteiger partial charge is 0.312 e. The fraction of sp³-hybridized carbons (Fsp3) is 0.533. The molecule has 1 aromatic carbocycles. The number of rotatable bonds is 3. The topological polar surface area (TPSA) is 35.5 Å². The molecule has 96 valence electrons. The van der Waals surface area contributed by atoms with Crippen molar-refractivity contribution in [3.8, 4) is 0 Å². The van der Waals surface area contributed by atoms with Crippen molar-refractivity contribution in [2.24, 2.45) is 5.92 Å². The van der Waals surface area contributed by atoms with Crippen molar-refractivity contribution < 1.29 is 14.3 Å². The molecule has 0 bridgehead atoms. The zero-order chi connectivity index (χ0) is 12.8. The minimum Gasteiger partial charge on any atom is -0.469 e. The first-order valence-corrected chi connectivity index (χ1v) is 6.41. The molecular weight excluding hydrogens is 228 g/mol. The molecule has 0 amide bonds. The fourth-order valence-corrected chi connectivity index (χ4v) is 4.13. The summed E-state index contributed by atoms with van der Waals surface area (Å²) in [5.74, 6) is -0.281. The Hall–Kier alpha value is -1.35. The number of ether oxygens (including phenoxy) is 2. The number of fused-ring (bicyclic) bond motifs is 1. The van der Waals surface area contributed by atoms with Crippen molar-refractivity contribution in [1.29, 1.82) is 0 Å². The summed E-state index contributed by atoms with van der Waals surface area (Å²) in [4.78, 5) is 12.0. The van der Waals surface area contributed by atoms with Crippen LogP contribution in [0.15, 0.2) is 30.3 Å². The Morgan fingerprint density at radius 2 is 1.94 bits per heavy atom. The number of esters is 1. The van der Waals surface area contributed by atoms with Gasteiger partial charge in [-0.05, 0) is 24.8 Å². The molecule has 18 heavy (non-hydrogen) atoms. The van der Waals surface area contributed by atoms with Crippen LogP contribution < -0.4 is 0 Å². The second kappa shape index (κ2) is 3.82. The quantitative estimate of drug-likeness (QED) is 0.768. The lowest BCUT2D eigenvalue weighted by Crippen LogP contribution is -2.20. The molecule has 1 aromatic rings. The Balaban J connectivity index is 2.06. The van der Waals surface area contributed by atoms with Gasteiger partial charge < -0.3 is 9.47 Å². The van der Waals surface area contributed by atoms with Crippen molar-refractivity contribution in [2.45, 2.75) is 30.3 Å². The number of methoxy groups -OCH3 is 2. The van der Waals surface area contributed by atoms with Crippen molar-refractivity contribution >= 4 is 5.97 Å². The molecule has 2 fully saturated rings. The standard InChI is InChI=1S/C15H18O3/c1-17-13(16)12-14(11-7-4-3-5-8-11)9-6-10-15(12,14)18-2/h3-5,7-8,12H,6,9-10H2,1-2H3/t12?,14-,15+/m0/s1. The summed E-state index contributed by atoms with van der Waals surface area (Å²) in [6, 6.07) is 10.2. The van der Waals surface area contributed by atoms with Crippen LogP contribution in [0.5, 0.6) is 0 Å². The molecule has 0 aromatic heterocycles. The van der Waals surface area contributed by atoms with E-state index in [-0.39, 0.29) is 22.9 Å². The van der Waals surface area contributed by atoms with E-state index in [0.29, 0.717) is 0 Å². The molecule has 0 aliphatic heterocycles. The van der Waals surface area contributed by atoms with E-state index in [1.165, 1.54) is 12.7 Å². The molecule has 1 unspecified atom stereocenters. The zero-order valence-corrected chi connectivity index (χ0v) is 10.8. The summed E-state index contributed by atoms with van der Waals surface area (Å²) in [7, 11) is 3.17. The van der Waals surface area contributed by atoms with Gasteiger partial charge in [-0.2, -0.15) is 0 Å². The first-order valence-electron chi connectivity index (χ1n) is 6.41. The lowest BCUT2D eigenvalue weighted by Gasteiger charge is -2.16. The largest absolute Gasteiger partial charge is 0.469 e. The van der Waals surface area contributed by atoms with E-state index in [1.54, 1.807) is 7.11 Å². The molecule has 3 nitrogen and oxygen atoms in total. The van der Waals surface area contributed by atoms with Crippen LogP contribution in [0.1, 0.15) is 24.8 Å². The minimum absolute atomic E-state index is 0.139. The van der Waals surface area contributed by atoms with Crippen LogP contribution in [-0.4, -0.2) is 25.8 Å². The Morgan fingerprint density at radius 3 is 2.56 bits per heavy atom. The van der Waals surface area contributed by atoms with Gasteiger partial charge >= 0.3 is 5.97 Å². The Bertz CT molecular complexity index is 470. The van der Waals surface area contributed by atoms with Crippen molar-refractivity contribution in [3.05, 3.63) is 35.9 Å². The van der Waals surface area contributed by atoms with Crippen molar-refractivity contribution in [3.63, 3.8) is 0 Å². The monoisotopic (exact) mass is 246 g/mol. The van der Waals surface area contributed by atoms with Crippen LogP contribution in [0.4, 0.5) is 0 Å². The first kappa shape index (κ1) is 11.7. The molecular formula is C15H18O3. The van der Waals surface area contributed by atoms with E-state index >= 15 is 0 Å². The summed E-state index contributed by atoms with van der Waals surface area (Å²) in [6.07, 6.45) is 3.05. The van der Waals surface area contributed by atoms with Crippen LogP contribution in [0.3, 0.4) is 0 Å². The normalized spacial score (nSPS) is 37.1. The fourth-order valence-electron chi connectivity index (χ4n) is 4.13. The Morgan fingerprint density at radius 1 is 1.22 bits per heavy atom. The summed E-state index contributed by atoms with van der Waals surface area (Å²) in [6.45, 7) is 0. The highest BCUT2D eigenvalue weighted by Crippen LogP contribution is 2.73. The maximum absolute atomic E-state index is 12.0. The van der Waals surface area contributed by atoms with Gasteiger partial charge in [-0.25, -0.2) is 0 Å². The molecule has 3 rings (SSSR count). The van der Waals surface area contributed by atoms with Gasteiger partial charge in [-0.3, -0.25) is 4.79 Å². The third kappa shape index (κ3) is 1.15. The van der Waals surface area contributed by atoms with E-state index in [1.807, 2.05) is 18.2 Å². The number of hydrogen-bond acceptors (Lipinski definition) is 3. The van der Waals surface area contributed by atoms with Gasteiger partial charge in [0.25, 0.3) is 0 Å². The molecule has 3 heteroatoms.